The molecule has 2 aromatic carbocycles. The lowest BCUT2D eigenvalue weighted by Gasteiger charge is -2.26. The molecule has 156 valence electrons. The van der Waals surface area contributed by atoms with Crippen LogP contribution in [0.5, 0.6) is 5.75 Å². The van der Waals surface area contributed by atoms with E-state index in [1.165, 1.54) is 5.56 Å². The van der Waals surface area contributed by atoms with Crippen molar-refractivity contribution in [3.8, 4) is 5.75 Å². The second-order valence-electron chi connectivity index (χ2n) is 7.06. The summed E-state index contributed by atoms with van der Waals surface area (Å²) in [6.07, 6.45) is 0.777. The molecule has 1 aliphatic heterocycles. The number of rotatable bonds is 10. The van der Waals surface area contributed by atoms with Gasteiger partial charge in [-0.15, -0.1) is 0 Å². The summed E-state index contributed by atoms with van der Waals surface area (Å²) in [6, 6.07) is 18.3. The molecule has 1 fully saturated rings. The van der Waals surface area contributed by atoms with E-state index in [2.05, 4.69) is 27.7 Å². The molecule has 0 radical (unpaired) electrons. The molecule has 1 unspecified atom stereocenters. The first-order valence-electron chi connectivity index (χ1n) is 10.4. The number of carbonyl (C=O) groups excluding carboxylic acids is 1. The van der Waals surface area contributed by atoms with Crippen molar-refractivity contribution in [3.05, 3.63) is 60.2 Å². The Bertz CT molecular complexity index is 748. The number of ether oxygens (including phenoxy) is 2. The van der Waals surface area contributed by atoms with Crippen molar-refractivity contribution < 1.29 is 14.3 Å². The smallest absolute Gasteiger partial charge is 0.234 e. The lowest BCUT2D eigenvalue weighted by Crippen LogP contribution is -2.43. The molecule has 0 bridgehead atoms. The lowest BCUT2D eigenvalue weighted by atomic mass is 10.0. The van der Waals surface area contributed by atoms with Crippen LogP contribution in [0.3, 0.4) is 0 Å². The average Bonchev–Trinajstić information content (AvgIpc) is 2.76. The monoisotopic (exact) mass is 397 g/mol. The number of hydrogen-bond donors (Lipinski definition) is 2. The fourth-order valence-corrected chi connectivity index (χ4v) is 3.44. The van der Waals surface area contributed by atoms with Gasteiger partial charge in [0.2, 0.25) is 5.91 Å². The molecule has 3 rings (SSSR count). The second-order valence-corrected chi connectivity index (χ2v) is 7.06. The van der Waals surface area contributed by atoms with Crippen molar-refractivity contribution in [2.24, 2.45) is 0 Å². The van der Waals surface area contributed by atoms with Crippen molar-refractivity contribution in [3.63, 3.8) is 0 Å². The highest BCUT2D eigenvalue weighted by Crippen LogP contribution is 2.29. The van der Waals surface area contributed by atoms with Gasteiger partial charge in [0.25, 0.3) is 0 Å². The van der Waals surface area contributed by atoms with Crippen LogP contribution < -0.4 is 15.4 Å². The Hall–Kier alpha value is -2.57. The molecule has 1 aliphatic rings. The summed E-state index contributed by atoms with van der Waals surface area (Å²) < 4.78 is 11.1. The van der Waals surface area contributed by atoms with Crippen molar-refractivity contribution in [2.75, 3.05) is 51.3 Å². The molecule has 6 nitrogen and oxygen atoms in total. The molecule has 1 amide bonds. The molecule has 0 spiro atoms. The van der Waals surface area contributed by atoms with E-state index >= 15 is 0 Å². The molecule has 29 heavy (non-hydrogen) atoms. The van der Waals surface area contributed by atoms with E-state index in [0.717, 1.165) is 30.9 Å². The van der Waals surface area contributed by atoms with Crippen LogP contribution in [0.1, 0.15) is 24.9 Å². The van der Waals surface area contributed by atoms with Crippen LogP contribution in [0.2, 0.25) is 0 Å². The number of nitrogens with zero attached hydrogens (tertiary/aromatic N) is 1. The second kappa shape index (κ2) is 11.4. The maximum atomic E-state index is 12.3. The first-order valence-corrected chi connectivity index (χ1v) is 10.4. The van der Waals surface area contributed by atoms with Crippen LogP contribution in [-0.4, -0.2) is 56.8 Å². The molecule has 1 saturated heterocycles. The third-order valence-corrected chi connectivity index (χ3v) is 4.94. The number of carbonyl (C=O) groups is 1. The van der Waals surface area contributed by atoms with Gasteiger partial charge in [-0.3, -0.25) is 9.69 Å². The van der Waals surface area contributed by atoms with E-state index in [9.17, 15) is 4.79 Å². The third kappa shape index (κ3) is 6.76. The van der Waals surface area contributed by atoms with Gasteiger partial charge in [-0.25, -0.2) is 0 Å². The fourth-order valence-electron chi connectivity index (χ4n) is 3.44. The lowest BCUT2D eigenvalue weighted by molar-refractivity contribution is -0.123. The van der Waals surface area contributed by atoms with Crippen LogP contribution in [-0.2, 0) is 9.53 Å². The highest BCUT2D eigenvalue weighted by Gasteiger charge is 2.16. The van der Waals surface area contributed by atoms with Gasteiger partial charge in [0.05, 0.1) is 38.1 Å². The van der Waals surface area contributed by atoms with Crippen LogP contribution in [0.4, 0.5) is 5.69 Å². The third-order valence-electron chi connectivity index (χ3n) is 4.94. The van der Waals surface area contributed by atoms with Gasteiger partial charge < -0.3 is 20.1 Å². The van der Waals surface area contributed by atoms with Gasteiger partial charge in [-0.1, -0.05) is 42.5 Å². The Labute approximate surface area is 173 Å². The minimum Gasteiger partial charge on any atom is -0.492 e. The SMILES string of the molecule is CCOc1ccccc1NC(CCNC(=O)CN1CCOCC1)c1ccccc1. The van der Waals surface area contributed by atoms with E-state index in [1.807, 2.05) is 49.4 Å². The predicted molar refractivity (Wildman–Crippen MR) is 115 cm³/mol. The standard InChI is InChI=1S/C23H31N3O3/c1-2-29-22-11-7-6-10-21(22)25-20(19-8-4-3-5-9-19)12-13-24-23(27)18-26-14-16-28-17-15-26/h3-11,20,25H,2,12-18H2,1H3,(H,24,27). The van der Waals surface area contributed by atoms with Crippen LogP contribution in [0.25, 0.3) is 0 Å². The summed E-state index contributed by atoms with van der Waals surface area (Å²) in [6.45, 7) is 6.67. The van der Waals surface area contributed by atoms with Crippen molar-refractivity contribution in [1.29, 1.82) is 0 Å². The number of benzene rings is 2. The van der Waals surface area contributed by atoms with Gasteiger partial charge in [0, 0.05) is 19.6 Å². The summed E-state index contributed by atoms with van der Waals surface area (Å²) in [5.74, 6) is 0.903. The fraction of sp³-hybridized carbons (Fsp3) is 0.435. The van der Waals surface area contributed by atoms with E-state index in [4.69, 9.17) is 9.47 Å². The zero-order chi connectivity index (χ0) is 20.3. The van der Waals surface area contributed by atoms with E-state index < -0.39 is 0 Å². The zero-order valence-corrected chi connectivity index (χ0v) is 17.1. The Morgan fingerprint density at radius 2 is 1.83 bits per heavy atom. The Morgan fingerprint density at radius 1 is 1.10 bits per heavy atom. The summed E-state index contributed by atoms with van der Waals surface area (Å²) in [4.78, 5) is 14.4. The molecular formula is C23H31N3O3. The topological polar surface area (TPSA) is 62.8 Å². The maximum absolute atomic E-state index is 12.3. The van der Waals surface area contributed by atoms with Crippen molar-refractivity contribution in [1.82, 2.24) is 10.2 Å². The zero-order valence-electron chi connectivity index (χ0n) is 17.1. The van der Waals surface area contributed by atoms with Crippen LogP contribution in [0, 0.1) is 0 Å². The maximum Gasteiger partial charge on any atom is 0.234 e. The number of para-hydroxylation sites is 2. The highest BCUT2D eigenvalue weighted by molar-refractivity contribution is 5.78. The van der Waals surface area contributed by atoms with E-state index in [1.54, 1.807) is 0 Å². The normalized spacial score (nSPS) is 15.5. The molecule has 2 aromatic rings. The van der Waals surface area contributed by atoms with Crippen molar-refractivity contribution >= 4 is 11.6 Å². The number of morpholine rings is 1. The number of hydrogen-bond acceptors (Lipinski definition) is 5. The minimum atomic E-state index is 0.0634. The van der Waals surface area contributed by atoms with Gasteiger partial charge in [-0.2, -0.15) is 0 Å². The van der Waals surface area contributed by atoms with Gasteiger partial charge in [0.1, 0.15) is 5.75 Å². The predicted octanol–water partition coefficient (Wildman–Crippen LogP) is 3.08. The molecule has 6 heteroatoms. The van der Waals surface area contributed by atoms with Crippen LogP contribution >= 0.6 is 0 Å². The van der Waals surface area contributed by atoms with Gasteiger partial charge in [0.15, 0.2) is 0 Å². The summed E-state index contributed by atoms with van der Waals surface area (Å²) in [7, 11) is 0. The van der Waals surface area contributed by atoms with E-state index in [0.29, 0.717) is 32.9 Å². The number of amides is 1. The molecule has 2 N–H and O–H groups in total. The van der Waals surface area contributed by atoms with Gasteiger partial charge >= 0.3 is 0 Å². The first kappa shape index (κ1) is 21.1. The molecule has 0 saturated carbocycles. The van der Waals surface area contributed by atoms with Gasteiger partial charge in [-0.05, 0) is 31.0 Å². The Balaban J connectivity index is 1.59. The average molecular weight is 398 g/mol. The summed E-state index contributed by atoms with van der Waals surface area (Å²) in [5, 5.41) is 6.66. The Morgan fingerprint density at radius 3 is 2.59 bits per heavy atom. The van der Waals surface area contributed by atoms with Crippen molar-refractivity contribution in [2.45, 2.75) is 19.4 Å². The molecule has 0 aromatic heterocycles. The largest absolute Gasteiger partial charge is 0.492 e. The number of anilines is 1. The summed E-state index contributed by atoms with van der Waals surface area (Å²) >= 11 is 0. The minimum absolute atomic E-state index is 0.0634. The molecular weight excluding hydrogens is 366 g/mol. The molecule has 0 aliphatic carbocycles. The molecule has 1 heterocycles. The number of nitrogens with one attached hydrogen (secondary N) is 2. The Kier molecular flexibility index (Phi) is 8.34. The molecule has 1 atom stereocenters. The van der Waals surface area contributed by atoms with Crippen LogP contribution in [0.15, 0.2) is 54.6 Å². The highest BCUT2D eigenvalue weighted by atomic mass is 16.5. The summed E-state index contributed by atoms with van der Waals surface area (Å²) in [5.41, 5.74) is 2.14. The first-order chi connectivity index (χ1) is 14.3. The van der Waals surface area contributed by atoms with E-state index in [-0.39, 0.29) is 11.9 Å². The quantitative estimate of drug-likeness (QED) is 0.645.